The Bertz CT molecular complexity index is 913. The predicted octanol–water partition coefficient (Wildman–Crippen LogP) is 2.81. The van der Waals surface area contributed by atoms with Gasteiger partial charge in [-0.05, 0) is 43.3 Å². The molecule has 0 aliphatic carbocycles. The molecule has 1 fully saturated rings. The van der Waals surface area contributed by atoms with Crippen LogP contribution in [0.5, 0.6) is 5.75 Å². The molecule has 1 atom stereocenters. The Morgan fingerprint density at radius 2 is 2.11 bits per heavy atom. The summed E-state index contributed by atoms with van der Waals surface area (Å²) in [5.74, 6) is 0.470. The molecule has 0 bridgehead atoms. The van der Waals surface area contributed by atoms with E-state index in [-0.39, 0.29) is 18.0 Å². The van der Waals surface area contributed by atoms with Crippen molar-refractivity contribution in [3.05, 3.63) is 59.0 Å². The molecule has 27 heavy (non-hydrogen) atoms. The van der Waals surface area contributed by atoms with Crippen LogP contribution in [0, 0.1) is 11.3 Å². The molecule has 0 spiro atoms. The van der Waals surface area contributed by atoms with Gasteiger partial charge in [0.25, 0.3) is 5.91 Å². The number of furan rings is 1. The van der Waals surface area contributed by atoms with Crippen molar-refractivity contribution in [1.82, 2.24) is 5.32 Å². The topological polar surface area (TPSA) is 95.6 Å². The molecule has 0 saturated carbocycles. The van der Waals surface area contributed by atoms with Crippen molar-refractivity contribution in [3.8, 4) is 11.8 Å². The number of thioether (sulfide) groups is 1. The van der Waals surface area contributed by atoms with Crippen molar-refractivity contribution in [2.45, 2.75) is 18.7 Å². The van der Waals surface area contributed by atoms with Crippen LogP contribution in [0.25, 0.3) is 0 Å². The number of rotatable bonds is 5. The summed E-state index contributed by atoms with van der Waals surface area (Å²) in [6.07, 6.45) is 1.50. The zero-order valence-electron chi connectivity index (χ0n) is 14.8. The van der Waals surface area contributed by atoms with Crippen LogP contribution in [0.15, 0.2) is 57.7 Å². The Balaban J connectivity index is 1.91. The first kappa shape index (κ1) is 18.6. The van der Waals surface area contributed by atoms with Crippen LogP contribution in [0.1, 0.15) is 12.7 Å². The fourth-order valence-electron chi connectivity index (χ4n) is 2.56. The van der Waals surface area contributed by atoms with Crippen LogP contribution in [-0.2, 0) is 16.1 Å². The maximum Gasteiger partial charge on any atom is 0.265 e. The van der Waals surface area contributed by atoms with Crippen molar-refractivity contribution in [2.75, 3.05) is 12.0 Å². The highest BCUT2D eigenvalue weighted by atomic mass is 32.2. The standard InChI is InChI=1S/C19H17N3O4S/c1-12-18(24)22(13-5-7-14(25-2)8-6-13)19(27-12)16(10-20)17(23)21-11-15-4-3-9-26-15/h3-9,12H,11H2,1-2H3,(H,21,23)/b19-16-. The zero-order valence-corrected chi connectivity index (χ0v) is 15.6. The maximum atomic E-state index is 12.6. The van der Waals surface area contributed by atoms with Crippen molar-refractivity contribution in [3.63, 3.8) is 0 Å². The van der Waals surface area contributed by atoms with Crippen LogP contribution in [0.3, 0.4) is 0 Å². The summed E-state index contributed by atoms with van der Waals surface area (Å²) in [5.41, 5.74) is 0.458. The molecule has 1 aromatic heterocycles. The molecule has 1 aromatic carbocycles. The van der Waals surface area contributed by atoms with Gasteiger partial charge in [0.05, 0.1) is 25.2 Å². The third-order valence-electron chi connectivity index (χ3n) is 3.95. The van der Waals surface area contributed by atoms with Gasteiger partial charge in [0.15, 0.2) is 0 Å². The largest absolute Gasteiger partial charge is 0.497 e. The third-order valence-corrected chi connectivity index (χ3v) is 5.11. The molecule has 0 radical (unpaired) electrons. The minimum atomic E-state index is -0.559. The van der Waals surface area contributed by atoms with E-state index in [9.17, 15) is 14.9 Å². The number of nitrogens with one attached hydrogen (secondary N) is 1. The van der Waals surface area contributed by atoms with Gasteiger partial charge in [0, 0.05) is 5.69 Å². The van der Waals surface area contributed by atoms with Gasteiger partial charge in [-0.25, -0.2) is 0 Å². The highest BCUT2D eigenvalue weighted by Crippen LogP contribution is 2.40. The molecule has 1 saturated heterocycles. The number of nitrogens with zero attached hydrogens (tertiary/aromatic N) is 2. The summed E-state index contributed by atoms with van der Waals surface area (Å²) < 4.78 is 10.3. The Kier molecular flexibility index (Phi) is 5.52. The minimum absolute atomic E-state index is 0.111. The normalized spacial score (nSPS) is 18.2. The number of carbonyl (C=O) groups excluding carboxylic acids is 2. The second-order valence-corrected chi connectivity index (χ2v) is 7.02. The molecule has 1 N–H and O–H groups in total. The molecule has 1 unspecified atom stereocenters. The lowest BCUT2D eigenvalue weighted by atomic mass is 10.2. The Hall–Kier alpha value is -3.18. The van der Waals surface area contributed by atoms with Crippen molar-refractivity contribution in [1.29, 1.82) is 5.26 Å². The van der Waals surface area contributed by atoms with Gasteiger partial charge >= 0.3 is 0 Å². The van der Waals surface area contributed by atoms with E-state index in [1.54, 1.807) is 50.4 Å². The average Bonchev–Trinajstić information content (AvgIpc) is 3.30. The van der Waals surface area contributed by atoms with Gasteiger partial charge in [0.2, 0.25) is 5.91 Å². The number of carbonyl (C=O) groups is 2. The van der Waals surface area contributed by atoms with E-state index >= 15 is 0 Å². The average molecular weight is 383 g/mol. The Morgan fingerprint density at radius 3 is 2.70 bits per heavy atom. The van der Waals surface area contributed by atoms with Crippen LogP contribution < -0.4 is 15.0 Å². The molecule has 1 aliphatic rings. The lowest BCUT2D eigenvalue weighted by molar-refractivity contribution is -0.117. The number of benzene rings is 1. The summed E-state index contributed by atoms with van der Waals surface area (Å²) in [6.45, 7) is 1.90. The first-order chi connectivity index (χ1) is 13.0. The van der Waals surface area contributed by atoms with Gasteiger partial charge in [-0.1, -0.05) is 11.8 Å². The second-order valence-electron chi connectivity index (χ2n) is 5.69. The van der Waals surface area contributed by atoms with E-state index in [1.807, 2.05) is 6.07 Å². The highest BCUT2D eigenvalue weighted by molar-refractivity contribution is 8.05. The molecule has 2 heterocycles. The van der Waals surface area contributed by atoms with E-state index in [4.69, 9.17) is 9.15 Å². The van der Waals surface area contributed by atoms with E-state index in [2.05, 4.69) is 5.32 Å². The van der Waals surface area contributed by atoms with Crippen molar-refractivity contribution >= 4 is 29.3 Å². The molecule has 138 valence electrons. The number of anilines is 1. The number of amides is 2. The van der Waals surface area contributed by atoms with Crippen LogP contribution in [0.2, 0.25) is 0 Å². The van der Waals surface area contributed by atoms with E-state index in [0.717, 1.165) is 0 Å². The molecular formula is C19H17N3O4S. The van der Waals surface area contributed by atoms with Crippen molar-refractivity contribution in [2.24, 2.45) is 0 Å². The fourth-order valence-corrected chi connectivity index (χ4v) is 3.66. The van der Waals surface area contributed by atoms with Gasteiger partial charge in [0.1, 0.15) is 28.2 Å². The fraction of sp³-hybridized carbons (Fsp3) is 0.211. The summed E-state index contributed by atoms with van der Waals surface area (Å²) in [5, 5.41) is 12.1. The van der Waals surface area contributed by atoms with Gasteiger partial charge in [-0.2, -0.15) is 5.26 Å². The van der Waals surface area contributed by atoms with Crippen LogP contribution >= 0.6 is 11.8 Å². The first-order valence-corrected chi connectivity index (χ1v) is 9.02. The molecule has 2 amide bonds. The summed E-state index contributed by atoms with van der Waals surface area (Å²) >= 11 is 1.19. The maximum absolute atomic E-state index is 12.6. The second kappa shape index (κ2) is 8.01. The number of nitriles is 1. The number of methoxy groups -OCH3 is 1. The summed E-state index contributed by atoms with van der Waals surface area (Å²) in [6, 6.07) is 12.2. The van der Waals surface area contributed by atoms with Gasteiger partial charge < -0.3 is 14.5 Å². The quantitative estimate of drug-likeness (QED) is 0.630. The van der Waals surface area contributed by atoms with Gasteiger partial charge in [-0.3, -0.25) is 14.5 Å². The van der Waals surface area contributed by atoms with Crippen LogP contribution in [0.4, 0.5) is 5.69 Å². The lowest BCUT2D eigenvalue weighted by Crippen LogP contribution is -2.30. The first-order valence-electron chi connectivity index (χ1n) is 8.14. The smallest absolute Gasteiger partial charge is 0.265 e. The zero-order chi connectivity index (χ0) is 19.4. The summed E-state index contributed by atoms with van der Waals surface area (Å²) in [4.78, 5) is 26.6. The molecule has 2 aromatic rings. The number of ether oxygens (including phenoxy) is 1. The van der Waals surface area contributed by atoms with Gasteiger partial charge in [-0.15, -0.1) is 0 Å². The molecular weight excluding hydrogens is 366 g/mol. The number of hydrogen-bond acceptors (Lipinski definition) is 6. The SMILES string of the molecule is COc1ccc(N2C(=O)C(C)S/C2=C(/C#N)C(=O)NCc2ccco2)cc1. The number of hydrogen-bond donors (Lipinski definition) is 1. The minimum Gasteiger partial charge on any atom is -0.497 e. The molecule has 8 heteroatoms. The molecule has 7 nitrogen and oxygen atoms in total. The molecule has 1 aliphatic heterocycles. The van der Waals surface area contributed by atoms with E-state index < -0.39 is 11.2 Å². The van der Waals surface area contributed by atoms with E-state index in [0.29, 0.717) is 22.2 Å². The summed E-state index contributed by atoms with van der Waals surface area (Å²) in [7, 11) is 1.55. The lowest BCUT2D eigenvalue weighted by Gasteiger charge is -2.18. The highest BCUT2D eigenvalue weighted by Gasteiger charge is 2.38. The monoisotopic (exact) mass is 383 g/mol. The Morgan fingerprint density at radius 1 is 1.37 bits per heavy atom. The van der Waals surface area contributed by atoms with E-state index in [1.165, 1.54) is 22.9 Å². The third kappa shape index (κ3) is 3.83. The van der Waals surface area contributed by atoms with Crippen LogP contribution in [-0.4, -0.2) is 24.2 Å². The Labute approximate surface area is 160 Å². The molecule has 3 rings (SSSR count). The predicted molar refractivity (Wildman–Crippen MR) is 101 cm³/mol. The van der Waals surface area contributed by atoms with Crippen molar-refractivity contribution < 1.29 is 18.7 Å².